The summed E-state index contributed by atoms with van der Waals surface area (Å²) in [4.78, 5) is 14.2. The highest BCUT2D eigenvalue weighted by Gasteiger charge is 2.25. The van der Waals surface area contributed by atoms with Gasteiger partial charge in [0.05, 0.1) is 18.0 Å². The zero-order valence-electron chi connectivity index (χ0n) is 19.5. The van der Waals surface area contributed by atoms with Gasteiger partial charge in [-0.1, -0.05) is 31.4 Å². The summed E-state index contributed by atoms with van der Waals surface area (Å²) in [7, 11) is 0. The van der Waals surface area contributed by atoms with Crippen LogP contribution in [-0.2, 0) is 6.54 Å². The molecular formula is C24H35N7O. The fraction of sp³-hybridized carbons (Fsp3) is 0.542. The Bertz CT molecular complexity index is 1080. The van der Waals surface area contributed by atoms with Crippen LogP contribution in [0.2, 0.25) is 0 Å². The van der Waals surface area contributed by atoms with Gasteiger partial charge in [0, 0.05) is 18.3 Å². The summed E-state index contributed by atoms with van der Waals surface area (Å²) in [5.74, 6) is 1.14. The van der Waals surface area contributed by atoms with Crippen LogP contribution in [0.25, 0.3) is 11.2 Å². The molecule has 0 aliphatic heterocycles. The molecule has 0 radical (unpaired) electrons. The Morgan fingerprint density at radius 2 is 1.97 bits per heavy atom. The smallest absolute Gasteiger partial charge is 0.227 e. The second kappa shape index (κ2) is 8.94. The first-order valence-electron chi connectivity index (χ1n) is 11.5. The van der Waals surface area contributed by atoms with Gasteiger partial charge in [-0.15, -0.1) is 0 Å². The number of anilines is 3. The van der Waals surface area contributed by atoms with E-state index in [1.807, 2.05) is 32.3 Å². The van der Waals surface area contributed by atoms with E-state index in [0.717, 1.165) is 40.8 Å². The topological polar surface area (TPSA) is 114 Å². The molecule has 2 aromatic heterocycles. The summed E-state index contributed by atoms with van der Waals surface area (Å²) in [6, 6.07) is 6.24. The SMILES string of the molecule is Cc1ccc(CNc2nc(NC(C)C(C)(C)O)nc3c2ncn3C2CCCCC2)c(N)c1. The van der Waals surface area contributed by atoms with E-state index < -0.39 is 5.60 Å². The molecule has 1 unspecified atom stereocenters. The molecule has 1 aliphatic rings. The first kappa shape index (κ1) is 22.3. The van der Waals surface area contributed by atoms with Crippen molar-refractivity contribution in [1.82, 2.24) is 19.5 Å². The second-order valence-electron chi connectivity index (χ2n) is 9.59. The third-order valence-corrected chi connectivity index (χ3v) is 6.54. The van der Waals surface area contributed by atoms with E-state index >= 15 is 0 Å². The van der Waals surface area contributed by atoms with Crippen LogP contribution in [0.3, 0.4) is 0 Å². The Morgan fingerprint density at radius 1 is 1.22 bits per heavy atom. The molecule has 1 fully saturated rings. The van der Waals surface area contributed by atoms with E-state index in [1.54, 1.807) is 13.8 Å². The standard InChI is InChI=1S/C24H35N7O/c1-15-10-11-17(19(25)12-15)13-26-21-20-22(30-23(29-21)28-16(2)24(3,4)32)31(14-27-20)18-8-6-5-7-9-18/h10-12,14,16,18,32H,5-9,13,25H2,1-4H3,(H2,26,28,29,30). The number of imidazole rings is 1. The lowest BCUT2D eigenvalue weighted by molar-refractivity contribution is 0.0646. The first-order chi connectivity index (χ1) is 15.2. The number of hydrogen-bond acceptors (Lipinski definition) is 7. The van der Waals surface area contributed by atoms with Crippen molar-refractivity contribution in [3.63, 3.8) is 0 Å². The largest absolute Gasteiger partial charge is 0.398 e. The van der Waals surface area contributed by atoms with Gasteiger partial charge in [0.25, 0.3) is 0 Å². The normalized spacial score (nSPS) is 16.3. The monoisotopic (exact) mass is 437 g/mol. The van der Waals surface area contributed by atoms with E-state index in [-0.39, 0.29) is 6.04 Å². The van der Waals surface area contributed by atoms with Crippen molar-refractivity contribution in [2.45, 2.75) is 84.0 Å². The number of hydrogen-bond donors (Lipinski definition) is 4. The molecule has 5 N–H and O–H groups in total. The van der Waals surface area contributed by atoms with Crippen LogP contribution in [0.5, 0.6) is 0 Å². The summed E-state index contributed by atoms with van der Waals surface area (Å²) < 4.78 is 2.20. The molecule has 32 heavy (non-hydrogen) atoms. The number of nitrogens with one attached hydrogen (secondary N) is 2. The minimum atomic E-state index is -0.911. The Kier molecular flexibility index (Phi) is 6.24. The van der Waals surface area contributed by atoms with Gasteiger partial charge >= 0.3 is 0 Å². The van der Waals surface area contributed by atoms with Crippen molar-refractivity contribution in [2.75, 3.05) is 16.4 Å². The zero-order valence-corrected chi connectivity index (χ0v) is 19.5. The molecule has 1 aliphatic carbocycles. The fourth-order valence-electron chi connectivity index (χ4n) is 4.16. The van der Waals surface area contributed by atoms with Gasteiger partial charge in [-0.3, -0.25) is 0 Å². The average Bonchev–Trinajstić information content (AvgIpc) is 3.17. The molecular weight excluding hydrogens is 402 g/mol. The molecule has 1 aromatic carbocycles. The molecule has 1 atom stereocenters. The van der Waals surface area contributed by atoms with Crippen molar-refractivity contribution in [3.8, 4) is 0 Å². The third-order valence-electron chi connectivity index (χ3n) is 6.54. The van der Waals surface area contributed by atoms with Gasteiger partial charge in [0.1, 0.15) is 0 Å². The highest BCUT2D eigenvalue weighted by atomic mass is 16.3. The van der Waals surface area contributed by atoms with E-state index in [1.165, 1.54) is 19.3 Å². The predicted molar refractivity (Wildman–Crippen MR) is 130 cm³/mol. The van der Waals surface area contributed by atoms with Crippen molar-refractivity contribution < 1.29 is 5.11 Å². The quantitative estimate of drug-likeness (QED) is 0.405. The summed E-state index contributed by atoms with van der Waals surface area (Å²) in [5, 5.41) is 17.1. The number of aliphatic hydroxyl groups is 1. The predicted octanol–water partition coefficient (Wildman–Crippen LogP) is 4.41. The molecule has 1 saturated carbocycles. The molecule has 4 rings (SSSR count). The Labute approximate surface area is 189 Å². The van der Waals surface area contributed by atoms with Crippen LogP contribution in [0.1, 0.15) is 70.0 Å². The lowest BCUT2D eigenvalue weighted by Gasteiger charge is -2.27. The van der Waals surface area contributed by atoms with Gasteiger partial charge in [-0.05, 0) is 57.7 Å². The summed E-state index contributed by atoms with van der Waals surface area (Å²) >= 11 is 0. The highest BCUT2D eigenvalue weighted by Crippen LogP contribution is 2.32. The fourth-order valence-corrected chi connectivity index (χ4v) is 4.16. The van der Waals surface area contributed by atoms with Crippen molar-refractivity contribution in [1.29, 1.82) is 0 Å². The van der Waals surface area contributed by atoms with Crippen LogP contribution in [0.15, 0.2) is 24.5 Å². The van der Waals surface area contributed by atoms with Gasteiger partial charge in [-0.25, -0.2) is 4.98 Å². The van der Waals surface area contributed by atoms with Crippen LogP contribution >= 0.6 is 0 Å². The number of benzene rings is 1. The summed E-state index contributed by atoms with van der Waals surface area (Å²) in [6.45, 7) is 8.03. The van der Waals surface area contributed by atoms with Crippen molar-refractivity contribution in [2.24, 2.45) is 0 Å². The number of aromatic nitrogens is 4. The molecule has 0 saturated heterocycles. The number of fused-ring (bicyclic) bond motifs is 1. The van der Waals surface area contributed by atoms with Crippen molar-refractivity contribution >= 4 is 28.6 Å². The molecule has 8 nitrogen and oxygen atoms in total. The minimum absolute atomic E-state index is 0.230. The van der Waals surface area contributed by atoms with Crippen LogP contribution in [0, 0.1) is 6.92 Å². The molecule has 0 bridgehead atoms. The maximum absolute atomic E-state index is 10.4. The molecule has 3 aromatic rings. The zero-order chi connectivity index (χ0) is 22.9. The van der Waals surface area contributed by atoms with Crippen LogP contribution in [-0.4, -0.2) is 36.3 Å². The molecule has 8 heteroatoms. The minimum Gasteiger partial charge on any atom is -0.398 e. The Morgan fingerprint density at radius 3 is 2.66 bits per heavy atom. The van der Waals surface area contributed by atoms with Crippen LogP contribution < -0.4 is 16.4 Å². The number of nitrogens with zero attached hydrogens (tertiary/aromatic N) is 4. The van der Waals surface area contributed by atoms with Crippen molar-refractivity contribution in [3.05, 3.63) is 35.7 Å². The van der Waals surface area contributed by atoms with Gasteiger partial charge < -0.3 is 26.0 Å². The van der Waals surface area contributed by atoms with Crippen LogP contribution in [0.4, 0.5) is 17.5 Å². The maximum Gasteiger partial charge on any atom is 0.227 e. The first-order valence-corrected chi connectivity index (χ1v) is 11.5. The summed E-state index contributed by atoms with van der Waals surface area (Å²) in [5.41, 5.74) is 9.76. The van der Waals surface area contributed by atoms with E-state index in [4.69, 9.17) is 15.7 Å². The lowest BCUT2D eigenvalue weighted by Crippen LogP contribution is -2.39. The number of nitrogen functional groups attached to an aromatic ring is 1. The maximum atomic E-state index is 10.4. The Hall–Kier alpha value is -2.87. The van der Waals surface area contributed by atoms with Gasteiger partial charge in [0.15, 0.2) is 17.0 Å². The number of rotatable bonds is 7. The second-order valence-corrected chi connectivity index (χ2v) is 9.59. The number of nitrogens with two attached hydrogens (primary N) is 1. The molecule has 172 valence electrons. The van der Waals surface area contributed by atoms with Gasteiger partial charge in [0.2, 0.25) is 5.95 Å². The Balaban J connectivity index is 1.69. The lowest BCUT2D eigenvalue weighted by atomic mass is 9.95. The van der Waals surface area contributed by atoms with E-state index in [9.17, 15) is 5.11 Å². The summed E-state index contributed by atoms with van der Waals surface area (Å²) in [6.07, 6.45) is 7.92. The number of aryl methyl sites for hydroxylation is 1. The highest BCUT2D eigenvalue weighted by molar-refractivity contribution is 5.84. The molecule has 0 amide bonds. The molecule has 0 spiro atoms. The van der Waals surface area contributed by atoms with E-state index in [2.05, 4.69) is 26.3 Å². The average molecular weight is 438 g/mol. The van der Waals surface area contributed by atoms with E-state index in [0.29, 0.717) is 24.4 Å². The molecule has 2 heterocycles. The third kappa shape index (κ3) is 4.80. The van der Waals surface area contributed by atoms with Gasteiger partial charge in [-0.2, -0.15) is 9.97 Å².